The number of likely N-dealkylation sites (tertiary alicyclic amines) is 1. The summed E-state index contributed by atoms with van der Waals surface area (Å²) in [6.45, 7) is 3.63. The van der Waals surface area contributed by atoms with Crippen LogP contribution in [-0.4, -0.2) is 47.9 Å². The molecular weight excluding hydrogens is 254 g/mol. The van der Waals surface area contributed by atoms with Gasteiger partial charge in [-0.3, -0.25) is 4.79 Å². The quantitative estimate of drug-likeness (QED) is 0.486. The highest BCUT2D eigenvalue weighted by Gasteiger charge is 2.15. The predicted molar refractivity (Wildman–Crippen MR) is 78.1 cm³/mol. The van der Waals surface area contributed by atoms with Crippen molar-refractivity contribution in [2.45, 2.75) is 19.3 Å². The monoisotopic (exact) mass is 275 g/mol. The van der Waals surface area contributed by atoms with Gasteiger partial charge in [-0.2, -0.15) is 0 Å². The fourth-order valence-corrected chi connectivity index (χ4v) is 2.42. The third kappa shape index (κ3) is 4.06. The average molecular weight is 275 g/mol. The van der Waals surface area contributed by atoms with Crippen molar-refractivity contribution in [3.63, 3.8) is 0 Å². The lowest BCUT2D eigenvalue weighted by Gasteiger charge is -2.26. The summed E-state index contributed by atoms with van der Waals surface area (Å²) < 4.78 is 0. The van der Waals surface area contributed by atoms with Gasteiger partial charge in [0.1, 0.15) is 0 Å². The number of rotatable bonds is 5. The summed E-state index contributed by atoms with van der Waals surface area (Å²) in [6.07, 6.45) is 3.78. The van der Waals surface area contributed by atoms with E-state index < -0.39 is 0 Å². The molecule has 0 saturated carbocycles. The van der Waals surface area contributed by atoms with Crippen LogP contribution in [0.2, 0.25) is 0 Å². The molecule has 0 radical (unpaired) electrons. The Morgan fingerprint density at radius 2 is 1.90 bits per heavy atom. The van der Waals surface area contributed by atoms with Crippen LogP contribution < -0.4 is 5.32 Å². The average Bonchev–Trinajstić information content (AvgIpc) is 2.50. The number of nitrogens with zero attached hydrogens (tertiary/aromatic N) is 2. The van der Waals surface area contributed by atoms with E-state index in [9.17, 15) is 4.79 Å². The Balaban J connectivity index is 1.81. The van der Waals surface area contributed by atoms with Crippen molar-refractivity contribution in [3.8, 4) is 0 Å². The number of benzene rings is 1. The van der Waals surface area contributed by atoms with Crippen molar-refractivity contribution in [1.29, 1.82) is 0 Å². The molecule has 0 spiro atoms. The maximum atomic E-state index is 12.0. The summed E-state index contributed by atoms with van der Waals surface area (Å²) in [7, 11) is 0. The molecule has 2 N–H and O–H groups in total. The molecule has 1 fully saturated rings. The Labute approximate surface area is 119 Å². The van der Waals surface area contributed by atoms with Crippen LogP contribution in [0.4, 0.5) is 0 Å². The Kier molecular flexibility index (Phi) is 5.55. The second-order valence-electron chi connectivity index (χ2n) is 4.97. The molecular formula is C15H21N3O2. The van der Waals surface area contributed by atoms with Gasteiger partial charge in [0, 0.05) is 18.7 Å². The summed E-state index contributed by atoms with van der Waals surface area (Å²) >= 11 is 0. The molecule has 2 rings (SSSR count). The lowest BCUT2D eigenvalue weighted by molar-refractivity contribution is -0.114. The van der Waals surface area contributed by atoms with Gasteiger partial charge in [0.25, 0.3) is 5.91 Å². The fraction of sp³-hybridized carbons (Fsp3) is 0.467. The molecule has 1 aliphatic rings. The first-order valence-electron chi connectivity index (χ1n) is 7.09. The molecule has 1 aromatic rings. The smallest absolute Gasteiger partial charge is 0.273 e. The predicted octanol–water partition coefficient (Wildman–Crippen LogP) is 1.47. The molecule has 5 nitrogen and oxygen atoms in total. The molecule has 1 aliphatic heterocycles. The molecule has 0 bridgehead atoms. The number of nitrogens with one attached hydrogen (secondary N) is 1. The second-order valence-corrected chi connectivity index (χ2v) is 4.97. The Bertz CT molecular complexity index is 453. The molecule has 1 aromatic carbocycles. The minimum absolute atomic E-state index is 0.0595. The van der Waals surface area contributed by atoms with Gasteiger partial charge in [0.05, 0.1) is 0 Å². The van der Waals surface area contributed by atoms with Crippen LogP contribution >= 0.6 is 0 Å². The van der Waals surface area contributed by atoms with Gasteiger partial charge in [0.2, 0.25) is 0 Å². The Morgan fingerprint density at radius 1 is 1.20 bits per heavy atom. The van der Waals surface area contributed by atoms with Crippen LogP contribution in [0, 0.1) is 0 Å². The van der Waals surface area contributed by atoms with Crippen LogP contribution in [0.3, 0.4) is 0 Å². The van der Waals surface area contributed by atoms with E-state index in [-0.39, 0.29) is 11.6 Å². The molecule has 0 aromatic heterocycles. The first kappa shape index (κ1) is 14.5. The van der Waals surface area contributed by atoms with E-state index in [1.54, 1.807) is 12.1 Å². The van der Waals surface area contributed by atoms with Crippen molar-refractivity contribution in [3.05, 3.63) is 35.9 Å². The lowest BCUT2D eigenvalue weighted by atomic mass is 10.1. The van der Waals surface area contributed by atoms with E-state index in [0.717, 1.165) is 19.6 Å². The zero-order valence-corrected chi connectivity index (χ0v) is 11.6. The highest BCUT2D eigenvalue weighted by molar-refractivity contribution is 6.45. The number of piperidine rings is 1. The van der Waals surface area contributed by atoms with Crippen molar-refractivity contribution in [2.75, 3.05) is 26.2 Å². The molecule has 108 valence electrons. The summed E-state index contributed by atoms with van der Waals surface area (Å²) in [5.41, 5.74) is 0.676. The van der Waals surface area contributed by atoms with Crippen molar-refractivity contribution in [1.82, 2.24) is 10.2 Å². The number of carbonyl (C=O) groups is 1. The molecule has 0 aliphatic carbocycles. The fourth-order valence-electron chi connectivity index (χ4n) is 2.42. The maximum absolute atomic E-state index is 12.0. The Morgan fingerprint density at radius 3 is 2.55 bits per heavy atom. The van der Waals surface area contributed by atoms with E-state index in [0.29, 0.717) is 12.1 Å². The van der Waals surface area contributed by atoms with Gasteiger partial charge in [-0.1, -0.05) is 41.9 Å². The normalized spacial score (nSPS) is 16.9. The largest absolute Gasteiger partial charge is 0.410 e. The zero-order valence-electron chi connectivity index (χ0n) is 11.6. The highest BCUT2D eigenvalue weighted by atomic mass is 16.4. The van der Waals surface area contributed by atoms with Crippen LogP contribution in [-0.2, 0) is 4.79 Å². The number of hydrogen-bond acceptors (Lipinski definition) is 4. The minimum atomic E-state index is -0.337. The number of amides is 1. The molecule has 0 unspecified atom stereocenters. The minimum Gasteiger partial charge on any atom is -0.410 e. The summed E-state index contributed by atoms with van der Waals surface area (Å²) in [6, 6.07) is 8.97. The maximum Gasteiger partial charge on any atom is 0.273 e. The summed E-state index contributed by atoms with van der Waals surface area (Å²) in [4.78, 5) is 14.3. The van der Waals surface area contributed by atoms with Crippen molar-refractivity contribution in [2.24, 2.45) is 5.16 Å². The topological polar surface area (TPSA) is 64.9 Å². The van der Waals surface area contributed by atoms with Crippen LogP contribution in [0.5, 0.6) is 0 Å². The number of hydrogen-bond donors (Lipinski definition) is 2. The van der Waals surface area contributed by atoms with E-state index in [2.05, 4.69) is 15.4 Å². The first-order chi connectivity index (χ1) is 9.81. The van der Waals surface area contributed by atoms with Gasteiger partial charge in [-0.15, -0.1) is 0 Å². The molecule has 1 heterocycles. The lowest BCUT2D eigenvalue weighted by Crippen LogP contribution is -2.40. The molecule has 0 atom stereocenters. The molecule has 1 saturated heterocycles. The van der Waals surface area contributed by atoms with E-state index >= 15 is 0 Å². The standard InChI is InChI=1S/C15H21N3O2/c19-15(14(17-20)13-7-3-1-4-8-13)16-9-12-18-10-5-2-6-11-18/h1,3-4,7-8,20H,2,5-6,9-12H2,(H,16,19). The Hall–Kier alpha value is -1.88. The zero-order chi connectivity index (χ0) is 14.2. The SMILES string of the molecule is O=C(NCCN1CCCCC1)C(=NO)c1ccccc1. The number of carbonyl (C=O) groups excluding carboxylic acids is 1. The summed E-state index contributed by atoms with van der Waals surface area (Å²) in [5.74, 6) is -0.337. The van der Waals surface area contributed by atoms with Crippen LogP contribution in [0.15, 0.2) is 35.5 Å². The molecule has 20 heavy (non-hydrogen) atoms. The van der Waals surface area contributed by atoms with E-state index in [1.807, 2.05) is 18.2 Å². The first-order valence-corrected chi connectivity index (χ1v) is 7.09. The second kappa shape index (κ2) is 7.65. The highest BCUT2D eigenvalue weighted by Crippen LogP contribution is 2.07. The third-order valence-corrected chi connectivity index (χ3v) is 3.52. The van der Waals surface area contributed by atoms with E-state index in [4.69, 9.17) is 5.21 Å². The third-order valence-electron chi connectivity index (χ3n) is 3.52. The van der Waals surface area contributed by atoms with Gasteiger partial charge in [0.15, 0.2) is 5.71 Å². The van der Waals surface area contributed by atoms with E-state index in [1.165, 1.54) is 19.3 Å². The van der Waals surface area contributed by atoms with Gasteiger partial charge >= 0.3 is 0 Å². The van der Waals surface area contributed by atoms with Gasteiger partial charge < -0.3 is 15.4 Å². The van der Waals surface area contributed by atoms with Crippen molar-refractivity contribution < 1.29 is 10.0 Å². The van der Waals surface area contributed by atoms with Gasteiger partial charge in [-0.25, -0.2) is 0 Å². The molecule has 5 heteroatoms. The number of oxime groups is 1. The molecule has 1 amide bonds. The van der Waals surface area contributed by atoms with Gasteiger partial charge in [-0.05, 0) is 25.9 Å². The van der Waals surface area contributed by atoms with Crippen LogP contribution in [0.25, 0.3) is 0 Å². The summed E-state index contributed by atoms with van der Waals surface area (Å²) in [5, 5.41) is 14.9. The van der Waals surface area contributed by atoms with Crippen molar-refractivity contribution >= 4 is 11.6 Å². The van der Waals surface area contributed by atoms with Crippen LogP contribution in [0.1, 0.15) is 24.8 Å².